The van der Waals surface area contributed by atoms with E-state index in [0.717, 1.165) is 18.6 Å². The molecule has 36 heavy (non-hydrogen) atoms. The number of ether oxygens (including phenoxy) is 1. The Labute approximate surface area is 204 Å². The van der Waals surface area contributed by atoms with Crippen LogP contribution >= 0.6 is 0 Å². The minimum Gasteiger partial charge on any atom is -0.494 e. The molecule has 1 aliphatic rings. The third-order valence-corrected chi connectivity index (χ3v) is 5.52. The van der Waals surface area contributed by atoms with Gasteiger partial charge in [0.1, 0.15) is 5.75 Å². The van der Waals surface area contributed by atoms with E-state index in [1.807, 2.05) is 13.8 Å². The van der Waals surface area contributed by atoms with Crippen LogP contribution in [0.2, 0.25) is 0 Å². The largest absolute Gasteiger partial charge is 0.494 e. The van der Waals surface area contributed by atoms with Gasteiger partial charge in [0.2, 0.25) is 0 Å². The zero-order chi connectivity index (χ0) is 25.9. The maximum absolute atomic E-state index is 14.0. The monoisotopic (exact) mass is 502 g/mol. The molecule has 1 aliphatic heterocycles. The van der Waals surface area contributed by atoms with Gasteiger partial charge in [0, 0.05) is 18.2 Å². The van der Waals surface area contributed by atoms with E-state index in [4.69, 9.17) is 4.74 Å². The van der Waals surface area contributed by atoms with Crippen LogP contribution in [0.15, 0.2) is 58.5 Å². The van der Waals surface area contributed by atoms with Gasteiger partial charge in [0.25, 0.3) is 0 Å². The number of alkyl halides is 3. The van der Waals surface area contributed by atoms with Crippen molar-refractivity contribution >= 4 is 12.1 Å². The molecule has 0 radical (unpaired) electrons. The molecule has 0 saturated carbocycles. The number of hydrogen-bond acceptors (Lipinski definition) is 5. The number of amidine groups is 1. The van der Waals surface area contributed by atoms with Gasteiger partial charge in [-0.15, -0.1) is 0 Å². The van der Waals surface area contributed by atoms with Gasteiger partial charge in [-0.25, -0.2) is 13.8 Å². The summed E-state index contributed by atoms with van der Waals surface area (Å²) in [6.45, 7) is 4.33. The fourth-order valence-corrected chi connectivity index (χ4v) is 3.60. The van der Waals surface area contributed by atoms with Crippen LogP contribution in [-0.2, 0) is 12.6 Å². The van der Waals surface area contributed by atoms with Crippen LogP contribution in [0.1, 0.15) is 37.1 Å². The topological polar surface area (TPSA) is 59.7 Å². The van der Waals surface area contributed by atoms with Crippen LogP contribution in [0.3, 0.4) is 0 Å². The Morgan fingerprint density at radius 3 is 2.47 bits per heavy atom. The minimum atomic E-state index is -4.61. The molecule has 0 saturated heterocycles. The summed E-state index contributed by atoms with van der Waals surface area (Å²) in [5.41, 5.74) is -0.498. The Balaban J connectivity index is 1.50. The normalized spacial score (nSPS) is 15.4. The molecule has 0 amide bonds. The molecular formula is C26H23F5N4O. The summed E-state index contributed by atoms with van der Waals surface area (Å²) in [5, 5.41) is 8.04. The highest BCUT2D eigenvalue weighted by Crippen LogP contribution is 2.38. The first-order chi connectivity index (χ1) is 17.1. The third-order valence-electron chi connectivity index (χ3n) is 5.52. The van der Waals surface area contributed by atoms with E-state index in [9.17, 15) is 22.0 Å². The van der Waals surface area contributed by atoms with Crippen LogP contribution in [0.25, 0.3) is 11.3 Å². The number of aromatic nitrogens is 2. The number of rotatable bonds is 8. The Morgan fingerprint density at radius 1 is 0.972 bits per heavy atom. The molecule has 1 unspecified atom stereocenters. The van der Waals surface area contributed by atoms with E-state index >= 15 is 0 Å². The highest BCUT2D eigenvalue weighted by molar-refractivity contribution is 6.07. The molecule has 10 heteroatoms. The first kappa shape index (κ1) is 25.4. The molecule has 188 valence electrons. The summed E-state index contributed by atoms with van der Waals surface area (Å²) < 4.78 is 74.3. The highest BCUT2D eigenvalue weighted by atomic mass is 19.4. The molecule has 4 rings (SSSR count). The van der Waals surface area contributed by atoms with Gasteiger partial charge in [-0.1, -0.05) is 19.9 Å². The zero-order valence-corrected chi connectivity index (χ0v) is 19.6. The quantitative estimate of drug-likeness (QED) is 0.339. The first-order valence-electron chi connectivity index (χ1n) is 11.3. The van der Waals surface area contributed by atoms with Crippen molar-refractivity contribution in [1.29, 1.82) is 0 Å². The predicted molar refractivity (Wildman–Crippen MR) is 126 cm³/mol. The van der Waals surface area contributed by atoms with Crippen molar-refractivity contribution in [2.24, 2.45) is 15.9 Å². The van der Waals surface area contributed by atoms with Crippen LogP contribution in [-0.4, -0.2) is 34.9 Å². The number of nitrogens with zero attached hydrogens (tertiary/aromatic N) is 4. The number of benzene rings is 2. The number of hydrogen-bond donors (Lipinski definition) is 0. The van der Waals surface area contributed by atoms with E-state index in [1.54, 1.807) is 6.07 Å². The smallest absolute Gasteiger partial charge is 0.417 e. The van der Waals surface area contributed by atoms with Crippen molar-refractivity contribution in [3.63, 3.8) is 0 Å². The molecule has 3 aromatic rings. The lowest BCUT2D eigenvalue weighted by Gasteiger charge is -2.15. The number of halogens is 5. The van der Waals surface area contributed by atoms with Crippen molar-refractivity contribution in [3.05, 3.63) is 77.0 Å². The summed E-state index contributed by atoms with van der Waals surface area (Å²) in [6, 6.07) is 10.0. The van der Waals surface area contributed by atoms with Gasteiger partial charge in [-0.05, 0) is 54.8 Å². The lowest BCUT2D eigenvalue weighted by molar-refractivity contribution is -0.137. The molecule has 0 bridgehead atoms. The van der Waals surface area contributed by atoms with Crippen LogP contribution in [0.5, 0.6) is 5.75 Å². The molecule has 5 nitrogen and oxygen atoms in total. The standard InChI is InChI=1S/C26H23F5N4O/c1-15(2)10-11-36-18-7-8-19(21(13-18)26(29,30)31)23-9-6-16(34-35-23)12-17-14-32-25(33-17)20-4-3-5-22(27)24(20)28/h3-9,13-15,17H,10-12H2,1-2H3. The minimum absolute atomic E-state index is 0.0495. The second-order valence-electron chi connectivity index (χ2n) is 8.75. The SMILES string of the molecule is CC(C)CCOc1ccc(-c2ccc(CC3C=NC(c4cccc(F)c4F)=N3)nn2)c(C(F)(F)F)c1. The van der Waals surface area contributed by atoms with Crippen molar-refractivity contribution in [2.45, 2.75) is 38.9 Å². The highest BCUT2D eigenvalue weighted by Gasteiger charge is 2.34. The van der Waals surface area contributed by atoms with E-state index < -0.39 is 29.4 Å². The molecule has 0 fully saturated rings. The van der Waals surface area contributed by atoms with Crippen molar-refractivity contribution < 1.29 is 26.7 Å². The predicted octanol–water partition coefficient (Wildman–Crippen LogP) is 6.31. The fraction of sp³-hybridized carbons (Fsp3) is 0.308. The van der Waals surface area contributed by atoms with Gasteiger partial charge in [-0.3, -0.25) is 4.99 Å². The lowest BCUT2D eigenvalue weighted by Crippen LogP contribution is -2.11. The maximum Gasteiger partial charge on any atom is 0.417 e. The summed E-state index contributed by atoms with van der Waals surface area (Å²) in [4.78, 5) is 8.35. The van der Waals surface area contributed by atoms with E-state index in [2.05, 4.69) is 20.2 Å². The molecule has 2 aromatic carbocycles. The molecule has 1 atom stereocenters. The fourth-order valence-electron chi connectivity index (χ4n) is 3.60. The molecular weight excluding hydrogens is 479 g/mol. The van der Waals surface area contributed by atoms with Gasteiger partial charge in [0.05, 0.1) is 35.2 Å². The second-order valence-corrected chi connectivity index (χ2v) is 8.75. The lowest BCUT2D eigenvalue weighted by atomic mass is 10.0. The van der Waals surface area contributed by atoms with E-state index in [-0.39, 0.29) is 34.8 Å². The molecule has 0 N–H and O–H groups in total. The Kier molecular flexibility index (Phi) is 7.42. The van der Waals surface area contributed by atoms with Gasteiger partial charge < -0.3 is 4.74 Å². The summed E-state index contributed by atoms with van der Waals surface area (Å²) in [5.74, 6) is -1.46. The summed E-state index contributed by atoms with van der Waals surface area (Å²) >= 11 is 0. The van der Waals surface area contributed by atoms with Gasteiger partial charge in [-0.2, -0.15) is 23.4 Å². The third kappa shape index (κ3) is 5.92. The van der Waals surface area contributed by atoms with Crippen molar-refractivity contribution in [3.8, 4) is 17.0 Å². The van der Waals surface area contributed by atoms with E-state index in [1.165, 1.54) is 36.5 Å². The molecule has 0 aliphatic carbocycles. The van der Waals surface area contributed by atoms with E-state index in [0.29, 0.717) is 18.2 Å². The maximum atomic E-state index is 14.0. The van der Waals surface area contributed by atoms with Crippen LogP contribution in [0, 0.1) is 17.6 Å². The molecule has 1 aromatic heterocycles. The van der Waals surface area contributed by atoms with Crippen molar-refractivity contribution in [1.82, 2.24) is 10.2 Å². The van der Waals surface area contributed by atoms with Gasteiger partial charge in [0.15, 0.2) is 17.5 Å². The zero-order valence-electron chi connectivity index (χ0n) is 19.6. The molecule has 2 heterocycles. The average Bonchev–Trinajstić information content (AvgIpc) is 3.29. The first-order valence-corrected chi connectivity index (χ1v) is 11.3. The second kappa shape index (κ2) is 10.5. The summed E-state index contributed by atoms with van der Waals surface area (Å²) in [6.07, 6.45) is -2.16. The molecule has 0 spiro atoms. The summed E-state index contributed by atoms with van der Waals surface area (Å²) in [7, 11) is 0. The van der Waals surface area contributed by atoms with Crippen LogP contribution < -0.4 is 4.74 Å². The Hall–Kier alpha value is -3.69. The van der Waals surface area contributed by atoms with Gasteiger partial charge >= 0.3 is 6.18 Å². The Bertz CT molecular complexity index is 1290. The van der Waals surface area contributed by atoms with Crippen molar-refractivity contribution in [2.75, 3.05) is 6.61 Å². The number of aliphatic imine (C=N–C) groups is 2. The Morgan fingerprint density at radius 2 is 1.78 bits per heavy atom. The van der Waals surface area contributed by atoms with Crippen LogP contribution in [0.4, 0.5) is 22.0 Å². The average molecular weight is 502 g/mol.